The molecule has 0 spiro atoms. The van der Waals surface area contributed by atoms with Crippen LogP contribution in [0, 0.1) is 0 Å². The number of hydrogen-bond acceptors (Lipinski definition) is 2. The van der Waals surface area contributed by atoms with Gasteiger partial charge in [0.1, 0.15) is 11.2 Å². The molecule has 0 fully saturated rings. The summed E-state index contributed by atoms with van der Waals surface area (Å²) in [4.78, 5) is 2.32. The molecule has 0 N–H and O–H groups in total. The van der Waals surface area contributed by atoms with Crippen LogP contribution < -0.4 is 4.90 Å². The van der Waals surface area contributed by atoms with E-state index < -0.39 is 0 Å². The van der Waals surface area contributed by atoms with Gasteiger partial charge in [0.25, 0.3) is 0 Å². The van der Waals surface area contributed by atoms with Crippen LogP contribution in [0.2, 0.25) is 0 Å². The first-order chi connectivity index (χ1) is 10.3. The van der Waals surface area contributed by atoms with Gasteiger partial charge in [-0.2, -0.15) is 0 Å². The lowest BCUT2D eigenvalue weighted by molar-refractivity contribution is 0.668. The summed E-state index contributed by atoms with van der Waals surface area (Å²) in [5.41, 5.74) is 3.12. The van der Waals surface area contributed by atoms with Gasteiger partial charge >= 0.3 is 0 Å². The molecule has 1 atom stereocenters. The third-order valence-electron chi connectivity index (χ3n) is 4.22. The fourth-order valence-electron chi connectivity index (χ4n) is 2.98. The molecule has 0 amide bonds. The number of likely N-dealkylation sites (N-methyl/N-ethyl adjacent to an activating group) is 1. The van der Waals surface area contributed by atoms with E-state index in [0.717, 1.165) is 17.6 Å². The Morgan fingerprint density at radius 3 is 2.71 bits per heavy atom. The van der Waals surface area contributed by atoms with Crippen LogP contribution in [-0.2, 0) is 0 Å². The van der Waals surface area contributed by atoms with Crippen molar-refractivity contribution in [3.8, 4) is 0 Å². The largest absolute Gasteiger partial charge is 0.456 e. The SMILES string of the molecule is CN(c1ccc2oc3ccccc3c2c1)C1C=CC=CC1. The van der Waals surface area contributed by atoms with Crippen LogP contribution in [0.25, 0.3) is 21.9 Å². The number of nitrogens with zero attached hydrogens (tertiary/aromatic N) is 1. The van der Waals surface area contributed by atoms with Crippen LogP contribution in [0.1, 0.15) is 6.42 Å². The van der Waals surface area contributed by atoms with E-state index in [1.54, 1.807) is 0 Å². The Labute approximate surface area is 124 Å². The van der Waals surface area contributed by atoms with Gasteiger partial charge in [0.15, 0.2) is 0 Å². The maximum absolute atomic E-state index is 5.89. The molecule has 21 heavy (non-hydrogen) atoms. The molecule has 1 aliphatic rings. The summed E-state index contributed by atoms with van der Waals surface area (Å²) in [6.45, 7) is 0. The van der Waals surface area contributed by atoms with E-state index in [4.69, 9.17) is 4.42 Å². The summed E-state index contributed by atoms with van der Waals surface area (Å²) in [6.07, 6.45) is 9.75. The third kappa shape index (κ3) is 2.04. The minimum Gasteiger partial charge on any atom is -0.456 e. The summed E-state index contributed by atoms with van der Waals surface area (Å²) >= 11 is 0. The van der Waals surface area contributed by atoms with Crippen LogP contribution in [-0.4, -0.2) is 13.1 Å². The predicted octanol–water partition coefficient (Wildman–Crippen LogP) is 4.91. The fourth-order valence-corrected chi connectivity index (χ4v) is 2.98. The monoisotopic (exact) mass is 275 g/mol. The maximum atomic E-state index is 5.89. The molecule has 0 aliphatic heterocycles. The van der Waals surface area contributed by atoms with Gasteiger partial charge in [0.05, 0.1) is 6.04 Å². The number of benzene rings is 2. The minimum absolute atomic E-state index is 0.422. The topological polar surface area (TPSA) is 16.4 Å². The Balaban J connectivity index is 1.80. The molecule has 2 heteroatoms. The van der Waals surface area contributed by atoms with Crippen molar-refractivity contribution in [1.29, 1.82) is 0 Å². The summed E-state index contributed by atoms with van der Waals surface area (Å²) in [5, 5.41) is 2.37. The number of allylic oxidation sites excluding steroid dienone is 2. The Morgan fingerprint density at radius 1 is 1.00 bits per heavy atom. The van der Waals surface area contributed by atoms with Crippen molar-refractivity contribution >= 4 is 27.6 Å². The van der Waals surface area contributed by atoms with Crippen molar-refractivity contribution in [2.75, 3.05) is 11.9 Å². The number of para-hydroxylation sites is 1. The second-order valence-corrected chi connectivity index (χ2v) is 5.51. The number of fused-ring (bicyclic) bond motifs is 3. The zero-order valence-corrected chi connectivity index (χ0v) is 12.0. The minimum atomic E-state index is 0.422. The first-order valence-electron chi connectivity index (χ1n) is 7.30. The number of hydrogen-bond donors (Lipinski definition) is 0. The van der Waals surface area contributed by atoms with Gasteiger partial charge in [-0.1, -0.05) is 42.5 Å². The molecule has 104 valence electrons. The first-order valence-corrected chi connectivity index (χ1v) is 7.30. The zero-order chi connectivity index (χ0) is 14.2. The standard InChI is InChI=1S/C19H17NO/c1-20(14-7-3-2-4-8-14)15-11-12-19-17(13-15)16-9-5-6-10-18(16)21-19/h2-7,9-14H,8H2,1H3. The molecule has 0 saturated carbocycles. The lowest BCUT2D eigenvalue weighted by Crippen LogP contribution is -2.29. The van der Waals surface area contributed by atoms with Crippen LogP contribution in [0.15, 0.2) is 71.2 Å². The summed E-state index contributed by atoms with van der Waals surface area (Å²) in [6, 6.07) is 15.1. The second-order valence-electron chi connectivity index (χ2n) is 5.51. The van der Waals surface area contributed by atoms with E-state index in [0.29, 0.717) is 6.04 Å². The van der Waals surface area contributed by atoms with E-state index in [-0.39, 0.29) is 0 Å². The normalized spacial score (nSPS) is 17.7. The molecule has 0 saturated heterocycles. The molecule has 3 aromatic rings. The van der Waals surface area contributed by atoms with Gasteiger partial charge < -0.3 is 9.32 Å². The van der Waals surface area contributed by atoms with Gasteiger partial charge in [0, 0.05) is 23.5 Å². The Bertz CT molecular complexity index is 856. The van der Waals surface area contributed by atoms with Gasteiger partial charge in [0.2, 0.25) is 0 Å². The Kier molecular flexibility index (Phi) is 2.81. The maximum Gasteiger partial charge on any atom is 0.135 e. The molecular weight excluding hydrogens is 258 g/mol. The van der Waals surface area contributed by atoms with Crippen molar-refractivity contribution in [2.24, 2.45) is 0 Å². The second kappa shape index (κ2) is 4.81. The van der Waals surface area contributed by atoms with Crippen molar-refractivity contribution in [1.82, 2.24) is 0 Å². The highest BCUT2D eigenvalue weighted by Gasteiger charge is 2.14. The van der Waals surface area contributed by atoms with Gasteiger partial charge in [-0.15, -0.1) is 0 Å². The lowest BCUT2D eigenvalue weighted by atomic mass is 10.1. The first kappa shape index (κ1) is 12.3. The summed E-state index contributed by atoms with van der Waals surface area (Å²) in [7, 11) is 2.15. The molecule has 1 aromatic heterocycles. The number of anilines is 1. The highest BCUT2D eigenvalue weighted by atomic mass is 16.3. The highest BCUT2D eigenvalue weighted by molar-refractivity contribution is 6.05. The van der Waals surface area contributed by atoms with Crippen molar-refractivity contribution in [3.05, 3.63) is 66.8 Å². The van der Waals surface area contributed by atoms with Crippen molar-refractivity contribution < 1.29 is 4.42 Å². The van der Waals surface area contributed by atoms with E-state index >= 15 is 0 Å². The van der Waals surface area contributed by atoms with Crippen LogP contribution >= 0.6 is 0 Å². The molecule has 1 heterocycles. The van der Waals surface area contributed by atoms with Gasteiger partial charge in [-0.05, 0) is 30.7 Å². The lowest BCUT2D eigenvalue weighted by Gasteiger charge is -2.28. The van der Waals surface area contributed by atoms with E-state index in [9.17, 15) is 0 Å². The summed E-state index contributed by atoms with van der Waals surface area (Å²) in [5.74, 6) is 0. The fraction of sp³-hybridized carbons (Fsp3) is 0.158. The molecule has 2 nitrogen and oxygen atoms in total. The predicted molar refractivity (Wildman–Crippen MR) is 88.8 cm³/mol. The van der Waals surface area contributed by atoms with Crippen LogP contribution in [0.4, 0.5) is 5.69 Å². The van der Waals surface area contributed by atoms with Crippen LogP contribution in [0.5, 0.6) is 0 Å². The quantitative estimate of drug-likeness (QED) is 0.661. The molecule has 1 unspecified atom stereocenters. The smallest absolute Gasteiger partial charge is 0.135 e. The Hall–Kier alpha value is -2.48. The molecule has 0 bridgehead atoms. The van der Waals surface area contributed by atoms with E-state index in [1.165, 1.54) is 16.5 Å². The molecule has 4 rings (SSSR count). The Morgan fingerprint density at radius 2 is 1.86 bits per heavy atom. The van der Waals surface area contributed by atoms with E-state index in [2.05, 4.69) is 66.6 Å². The third-order valence-corrected chi connectivity index (χ3v) is 4.22. The summed E-state index contributed by atoms with van der Waals surface area (Å²) < 4.78 is 5.89. The van der Waals surface area contributed by atoms with Crippen molar-refractivity contribution in [3.63, 3.8) is 0 Å². The molecule has 2 aromatic carbocycles. The average Bonchev–Trinajstić information content (AvgIpc) is 2.93. The average molecular weight is 275 g/mol. The van der Waals surface area contributed by atoms with E-state index in [1.807, 2.05) is 12.1 Å². The zero-order valence-electron chi connectivity index (χ0n) is 12.0. The molecular formula is C19H17NO. The molecule has 1 aliphatic carbocycles. The molecule has 0 radical (unpaired) electrons. The van der Waals surface area contributed by atoms with Crippen LogP contribution in [0.3, 0.4) is 0 Å². The number of rotatable bonds is 2. The van der Waals surface area contributed by atoms with Gasteiger partial charge in [-0.3, -0.25) is 0 Å². The van der Waals surface area contributed by atoms with Crippen molar-refractivity contribution in [2.45, 2.75) is 12.5 Å². The number of furan rings is 1. The van der Waals surface area contributed by atoms with Gasteiger partial charge in [-0.25, -0.2) is 0 Å². The highest BCUT2D eigenvalue weighted by Crippen LogP contribution is 2.32.